The Bertz CT molecular complexity index is 659. The highest BCUT2D eigenvalue weighted by molar-refractivity contribution is 6.42. The number of carbonyl (C=O) groups is 1. The van der Waals surface area contributed by atoms with E-state index in [4.69, 9.17) is 23.2 Å². The summed E-state index contributed by atoms with van der Waals surface area (Å²) in [6.45, 7) is 4.14. The Morgan fingerprint density at radius 2 is 1.76 bits per heavy atom. The molecule has 1 aliphatic carbocycles. The summed E-state index contributed by atoms with van der Waals surface area (Å²) in [5, 5.41) is 1.14. The Kier molecular flexibility index (Phi) is 5.00. The number of likely N-dealkylation sites (tertiary alicyclic amines) is 1. The van der Waals surface area contributed by atoms with E-state index < -0.39 is 0 Å². The van der Waals surface area contributed by atoms with Crippen molar-refractivity contribution in [2.75, 3.05) is 18.0 Å². The maximum atomic E-state index is 12.4. The molecule has 4 unspecified atom stereocenters. The molecule has 5 heteroatoms. The van der Waals surface area contributed by atoms with Crippen LogP contribution in [0.5, 0.6) is 0 Å². The molecule has 0 aromatic heterocycles. The number of piperidine rings is 1. The molecule has 2 heterocycles. The van der Waals surface area contributed by atoms with Crippen LogP contribution in [0.4, 0.5) is 5.69 Å². The van der Waals surface area contributed by atoms with E-state index in [0.29, 0.717) is 28.0 Å². The molecule has 0 radical (unpaired) electrons. The number of Topliss-reactive ketones (excluding diaryl/α,β-unsaturated/α-hetero) is 1. The molecule has 1 saturated carbocycles. The van der Waals surface area contributed by atoms with Crippen molar-refractivity contribution in [1.29, 1.82) is 0 Å². The first-order valence-corrected chi connectivity index (χ1v) is 10.3. The van der Waals surface area contributed by atoms with E-state index in [1.807, 2.05) is 18.2 Å². The first-order valence-electron chi connectivity index (χ1n) is 9.54. The molecule has 0 amide bonds. The Balaban J connectivity index is 1.73. The van der Waals surface area contributed by atoms with Crippen molar-refractivity contribution in [3.8, 4) is 0 Å². The number of hydrogen-bond donors (Lipinski definition) is 0. The zero-order valence-electron chi connectivity index (χ0n) is 14.8. The van der Waals surface area contributed by atoms with Gasteiger partial charge in [0.2, 0.25) is 0 Å². The first kappa shape index (κ1) is 17.6. The SMILES string of the molecule is CC(=O)C1CCC2CCC(N3CCCC3)C2N1c1ccc(Cl)c(Cl)c1. The van der Waals surface area contributed by atoms with Crippen molar-refractivity contribution in [2.24, 2.45) is 5.92 Å². The number of carbonyl (C=O) groups excluding carboxylic acids is 1. The third-order valence-corrected chi connectivity index (χ3v) is 7.20. The van der Waals surface area contributed by atoms with Crippen LogP contribution < -0.4 is 4.90 Å². The fraction of sp³-hybridized carbons (Fsp3) is 0.650. The van der Waals surface area contributed by atoms with Crippen molar-refractivity contribution < 1.29 is 4.79 Å². The van der Waals surface area contributed by atoms with Crippen molar-refractivity contribution in [1.82, 2.24) is 4.90 Å². The number of halogens is 2. The standard InChI is InChI=1S/C20H26Cl2N2O/c1-13(25)18-8-4-14-5-9-19(23-10-2-3-11-23)20(14)24(18)15-6-7-16(21)17(22)12-15/h6-7,12,14,18-20H,2-5,8-11H2,1H3. The summed E-state index contributed by atoms with van der Waals surface area (Å²) < 4.78 is 0. The van der Waals surface area contributed by atoms with E-state index in [-0.39, 0.29) is 11.8 Å². The Hall–Kier alpha value is -0.770. The van der Waals surface area contributed by atoms with Gasteiger partial charge in [0, 0.05) is 17.8 Å². The largest absolute Gasteiger partial charge is 0.357 e. The maximum Gasteiger partial charge on any atom is 0.152 e. The van der Waals surface area contributed by atoms with Gasteiger partial charge in [-0.2, -0.15) is 0 Å². The minimum absolute atomic E-state index is 0.0401. The lowest BCUT2D eigenvalue weighted by atomic mass is 9.84. The molecule has 3 aliphatic rings. The average Bonchev–Trinajstić information content (AvgIpc) is 3.25. The van der Waals surface area contributed by atoms with Gasteiger partial charge in [0.15, 0.2) is 5.78 Å². The highest BCUT2D eigenvalue weighted by Gasteiger charge is 2.48. The van der Waals surface area contributed by atoms with Gasteiger partial charge in [-0.05, 0) is 82.7 Å². The number of fused-ring (bicyclic) bond motifs is 1. The molecule has 4 rings (SSSR count). The second-order valence-electron chi connectivity index (χ2n) is 7.85. The molecule has 25 heavy (non-hydrogen) atoms. The molecule has 4 atom stereocenters. The minimum atomic E-state index is -0.0401. The molecular weight excluding hydrogens is 355 g/mol. The van der Waals surface area contributed by atoms with Crippen molar-refractivity contribution in [2.45, 2.75) is 63.6 Å². The number of benzene rings is 1. The molecule has 1 aromatic rings. The van der Waals surface area contributed by atoms with Gasteiger partial charge in [0.05, 0.1) is 16.1 Å². The summed E-state index contributed by atoms with van der Waals surface area (Å²) in [6, 6.07) is 6.77. The van der Waals surface area contributed by atoms with Crippen LogP contribution in [0.2, 0.25) is 10.0 Å². The van der Waals surface area contributed by atoms with Gasteiger partial charge in [-0.1, -0.05) is 23.2 Å². The quantitative estimate of drug-likeness (QED) is 0.752. The lowest BCUT2D eigenvalue weighted by Crippen LogP contribution is -2.59. The number of ketones is 1. The van der Waals surface area contributed by atoms with Gasteiger partial charge in [-0.25, -0.2) is 0 Å². The van der Waals surface area contributed by atoms with Crippen LogP contribution in [0.3, 0.4) is 0 Å². The average molecular weight is 381 g/mol. The summed E-state index contributed by atoms with van der Waals surface area (Å²) >= 11 is 12.4. The van der Waals surface area contributed by atoms with Crippen LogP contribution >= 0.6 is 23.2 Å². The summed E-state index contributed by atoms with van der Waals surface area (Å²) in [5.41, 5.74) is 1.05. The molecule has 0 spiro atoms. The van der Waals surface area contributed by atoms with Gasteiger partial charge in [-0.3, -0.25) is 9.69 Å². The zero-order chi connectivity index (χ0) is 17.6. The fourth-order valence-corrected chi connectivity index (χ4v) is 5.65. The number of anilines is 1. The molecular formula is C20H26Cl2N2O. The highest BCUT2D eigenvalue weighted by Crippen LogP contribution is 2.45. The number of nitrogens with zero attached hydrogens (tertiary/aromatic N) is 2. The molecule has 1 aromatic carbocycles. The third kappa shape index (κ3) is 3.20. The smallest absolute Gasteiger partial charge is 0.152 e. The molecule has 3 nitrogen and oxygen atoms in total. The summed E-state index contributed by atoms with van der Waals surface area (Å²) in [7, 11) is 0. The number of rotatable bonds is 3. The maximum absolute atomic E-state index is 12.4. The van der Waals surface area contributed by atoms with Crippen LogP contribution in [0.15, 0.2) is 18.2 Å². The van der Waals surface area contributed by atoms with Crippen LogP contribution in [0.25, 0.3) is 0 Å². The second-order valence-corrected chi connectivity index (χ2v) is 8.66. The first-order chi connectivity index (χ1) is 12.1. The Morgan fingerprint density at radius 1 is 1.04 bits per heavy atom. The molecule has 2 aliphatic heterocycles. The van der Waals surface area contributed by atoms with Gasteiger partial charge in [-0.15, -0.1) is 0 Å². The van der Waals surface area contributed by atoms with Crippen LogP contribution in [0.1, 0.15) is 45.4 Å². The van der Waals surface area contributed by atoms with Crippen LogP contribution in [0, 0.1) is 5.92 Å². The molecule has 0 N–H and O–H groups in total. The Labute approximate surface area is 160 Å². The van der Waals surface area contributed by atoms with Crippen LogP contribution in [-0.4, -0.2) is 41.9 Å². The summed E-state index contributed by atoms with van der Waals surface area (Å²) in [6.07, 6.45) is 7.24. The fourth-order valence-electron chi connectivity index (χ4n) is 5.36. The minimum Gasteiger partial charge on any atom is -0.357 e. The zero-order valence-corrected chi connectivity index (χ0v) is 16.3. The van der Waals surface area contributed by atoms with E-state index in [0.717, 1.165) is 18.5 Å². The van der Waals surface area contributed by atoms with Crippen molar-refractivity contribution in [3.63, 3.8) is 0 Å². The van der Waals surface area contributed by atoms with E-state index in [1.54, 1.807) is 6.92 Å². The Morgan fingerprint density at radius 3 is 2.44 bits per heavy atom. The van der Waals surface area contributed by atoms with Crippen molar-refractivity contribution in [3.05, 3.63) is 28.2 Å². The van der Waals surface area contributed by atoms with E-state index >= 15 is 0 Å². The third-order valence-electron chi connectivity index (χ3n) is 6.46. The predicted molar refractivity (Wildman–Crippen MR) is 104 cm³/mol. The predicted octanol–water partition coefficient (Wildman–Crippen LogP) is 4.79. The monoisotopic (exact) mass is 380 g/mol. The van der Waals surface area contributed by atoms with Gasteiger partial charge < -0.3 is 4.90 Å². The number of hydrogen-bond acceptors (Lipinski definition) is 3. The van der Waals surface area contributed by atoms with Gasteiger partial charge >= 0.3 is 0 Å². The molecule has 2 saturated heterocycles. The second kappa shape index (κ2) is 7.09. The van der Waals surface area contributed by atoms with Crippen molar-refractivity contribution >= 4 is 34.7 Å². The summed E-state index contributed by atoms with van der Waals surface area (Å²) in [5.74, 6) is 0.937. The van der Waals surface area contributed by atoms with Crippen LogP contribution in [-0.2, 0) is 4.79 Å². The topological polar surface area (TPSA) is 23.6 Å². The molecule has 0 bridgehead atoms. The van der Waals surface area contributed by atoms with E-state index in [9.17, 15) is 4.79 Å². The molecule has 3 fully saturated rings. The van der Waals surface area contributed by atoms with E-state index in [2.05, 4.69) is 9.80 Å². The molecule has 136 valence electrons. The van der Waals surface area contributed by atoms with Gasteiger partial charge in [0.1, 0.15) is 0 Å². The van der Waals surface area contributed by atoms with Gasteiger partial charge in [0.25, 0.3) is 0 Å². The lowest BCUT2D eigenvalue weighted by Gasteiger charge is -2.48. The van der Waals surface area contributed by atoms with E-state index in [1.165, 1.54) is 38.8 Å². The lowest BCUT2D eigenvalue weighted by molar-refractivity contribution is -0.119. The normalized spacial score (nSPS) is 32.8. The summed E-state index contributed by atoms with van der Waals surface area (Å²) in [4.78, 5) is 17.5. The highest BCUT2D eigenvalue weighted by atomic mass is 35.5.